The molecule has 0 aromatic heterocycles. The molecule has 1 radical (unpaired) electrons. The first kappa shape index (κ1) is 10.6. The second kappa shape index (κ2) is 5.27. The highest BCUT2D eigenvalue weighted by Gasteiger charge is 2.13. The summed E-state index contributed by atoms with van der Waals surface area (Å²) in [7, 11) is 0. The summed E-state index contributed by atoms with van der Waals surface area (Å²) in [6, 6.07) is -0.480. The normalized spacial score (nSPS) is 13.8. The van der Waals surface area contributed by atoms with Gasteiger partial charge in [-0.1, -0.05) is 6.58 Å². The van der Waals surface area contributed by atoms with Gasteiger partial charge in [-0.3, -0.25) is 0 Å². The average Bonchev–Trinajstić information content (AvgIpc) is 2.04. The highest BCUT2D eigenvalue weighted by Crippen LogP contribution is 2.01. The largest absolute Gasteiger partial charge is 0.457 e. The second-order valence-corrected chi connectivity index (χ2v) is 2.14. The molecule has 0 heterocycles. The standard InChI is InChI=1S/C8H10NO3/c1-4-8(11)12-7(3)6(2)9-5-10/h4,6-7H,1,3H2,2H3. The van der Waals surface area contributed by atoms with Gasteiger partial charge in [0.15, 0.2) is 0 Å². The number of rotatable bonds is 4. The zero-order chi connectivity index (χ0) is 9.56. The molecule has 0 amide bonds. The fourth-order valence-corrected chi connectivity index (χ4v) is 0.462. The van der Waals surface area contributed by atoms with Crippen molar-refractivity contribution in [3.8, 4) is 0 Å². The molecule has 0 aromatic carbocycles. The molecule has 0 aliphatic heterocycles. The van der Waals surface area contributed by atoms with Gasteiger partial charge in [0.25, 0.3) is 0 Å². The molecule has 12 heavy (non-hydrogen) atoms. The molecule has 0 saturated carbocycles. The molecule has 0 saturated heterocycles. The van der Waals surface area contributed by atoms with Crippen molar-refractivity contribution < 1.29 is 14.3 Å². The summed E-state index contributed by atoms with van der Waals surface area (Å²) in [5.74, 6) is -0.581. The van der Waals surface area contributed by atoms with Crippen molar-refractivity contribution >= 4 is 12.0 Å². The first-order valence-electron chi connectivity index (χ1n) is 3.35. The number of hydrogen-bond donors (Lipinski definition) is 0. The van der Waals surface area contributed by atoms with Gasteiger partial charge >= 0.3 is 5.97 Å². The number of carbonyl (C=O) groups excluding carboxylic acids is 2. The van der Waals surface area contributed by atoms with Gasteiger partial charge in [0.1, 0.15) is 6.10 Å². The lowest BCUT2D eigenvalue weighted by Gasteiger charge is -2.13. The van der Waals surface area contributed by atoms with Gasteiger partial charge in [-0.15, -0.1) is 0 Å². The Labute approximate surface area is 70.9 Å². The summed E-state index contributed by atoms with van der Waals surface area (Å²) in [5, 5.41) is 0. The van der Waals surface area contributed by atoms with Crippen LogP contribution in [0.4, 0.5) is 0 Å². The molecule has 0 fully saturated rings. The Balaban J connectivity index is 4.02. The molecule has 0 spiro atoms. The van der Waals surface area contributed by atoms with Crippen LogP contribution in [-0.2, 0) is 14.3 Å². The lowest BCUT2D eigenvalue weighted by Crippen LogP contribution is -2.24. The third-order valence-corrected chi connectivity index (χ3v) is 1.23. The summed E-state index contributed by atoms with van der Waals surface area (Å²) in [6.45, 7) is 8.29. The number of ether oxygens (including phenoxy) is 1. The minimum absolute atomic E-state index is 0.480. The molecular formula is C8H10NO3. The third-order valence-electron chi connectivity index (χ3n) is 1.23. The predicted molar refractivity (Wildman–Crippen MR) is 43.0 cm³/mol. The number of hydrogen-bond acceptors (Lipinski definition) is 4. The van der Waals surface area contributed by atoms with Crippen LogP contribution in [0.3, 0.4) is 0 Å². The smallest absolute Gasteiger partial charge is 0.330 e. The van der Waals surface area contributed by atoms with Crippen LogP contribution in [-0.4, -0.2) is 24.2 Å². The van der Waals surface area contributed by atoms with Gasteiger partial charge < -0.3 is 4.74 Å². The summed E-state index contributed by atoms with van der Waals surface area (Å²) >= 11 is 0. The van der Waals surface area contributed by atoms with Crippen LogP contribution in [0.25, 0.3) is 0 Å². The van der Waals surface area contributed by atoms with E-state index in [2.05, 4.69) is 23.2 Å². The number of aliphatic imine (C=N–C) groups is 1. The fourth-order valence-electron chi connectivity index (χ4n) is 0.462. The Kier molecular flexibility index (Phi) is 4.65. The zero-order valence-corrected chi connectivity index (χ0v) is 6.82. The van der Waals surface area contributed by atoms with Gasteiger partial charge in [0.05, 0.1) is 6.04 Å². The van der Waals surface area contributed by atoms with E-state index in [1.807, 2.05) is 0 Å². The van der Waals surface area contributed by atoms with Crippen molar-refractivity contribution in [2.75, 3.05) is 0 Å². The number of esters is 1. The minimum atomic E-state index is -0.683. The van der Waals surface area contributed by atoms with E-state index >= 15 is 0 Å². The van der Waals surface area contributed by atoms with Gasteiger partial charge in [0, 0.05) is 6.08 Å². The van der Waals surface area contributed by atoms with E-state index in [1.165, 1.54) is 6.08 Å². The van der Waals surface area contributed by atoms with Crippen molar-refractivity contribution in [2.45, 2.75) is 19.1 Å². The molecule has 0 bridgehead atoms. The third kappa shape index (κ3) is 3.68. The number of isocyanates is 1. The van der Waals surface area contributed by atoms with E-state index in [9.17, 15) is 9.59 Å². The van der Waals surface area contributed by atoms with E-state index in [-0.39, 0.29) is 0 Å². The zero-order valence-electron chi connectivity index (χ0n) is 6.82. The van der Waals surface area contributed by atoms with Gasteiger partial charge in [0.2, 0.25) is 6.08 Å². The SMILES string of the molecule is [CH2]C(OC(=O)C=C)C(C)N=C=O. The summed E-state index contributed by atoms with van der Waals surface area (Å²) in [4.78, 5) is 23.7. The van der Waals surface area contributed by atoms with Crippen LogP contribution in [0.1, 0.15) is 6.92 Å². The summed E-state index contributed by atoms with van der Waals surface area (Å²) in [5.41, 5.74) is 0. The molecule has 4 heteroatoms. The Hall–Kier alpha value is -1.41. The number of nitrogens with zero attached hydrogens (tertiary/aromatic N) is 1. The van der Waals surface area contributed by atoms with Crippen LogP contribution in [0.2, 0.25) is 0 Å². The summed E-state index contributed by atoms with van der Waals surface area (Å²) in [6.07, 6.45) is 1.70. The maximum absolute atomic E-state index is 10.6. The molecule has 0 aromatic rings. The van der Waals surface area contributed by atoms with E-state index in [0.29, 0.717) is 0 Å². The van der Waals surface area contributed by atoms with Gasteiger partial charge in [-0.2, -0.15) is 4.99 Å². The van der Waals surface area contributed by atoms with E-state index in [1.54, 1.807) is 6.92 Å². The molecule has 0 aliphatic carbocycles. The Morgan fingerprint density at radius 1 is 1.75 bits per heavy atom. The maximum atomic E-state index is 10.6. The van der Waals surface area contributed by atoms with Gasteiger partial charge in [-0.25, -0.2) is 9.59 Å². The molecular weight excluding hydrogens is 158 g/mol. The molecule has 2 atom stereocenters. The van der Waals surface area contributed by atoms with Crippen LogP contribution in [0.5, 0.6) is 0 Å². The number of carbonyl (C=O) groups is 1. The lowest BCUT2D eigenvalue weighted by molar-refractivity contribution is -0.141. The Morgan fingerprint density at radius 2 is 2.33 bits per heavy atom. The van der Waals surface area contributed by atoms with Crippen molar-refractivity contribution in [1.82, 2.24) is 0 Å². The van der Waals surface area contributed by atoms with Crippen molar-refractivity contribution in [3.63, 3.8) is 0 Å². The lowest BCUT2D eigenvalue weighted by atomic mass is 10.2. The molecule has 4 nitrogen and oxygen atoms in total. The van der Waals surface area contributed by atoms with E-state index < -0.39 is 18.1 Å². The van der Waals surface area contributed by atoms with Crippen molar-refractivity contribution in [1.29, 1.82) is 0 Å². The monoisotopic (exact) mass is 168 g/mol. The molecule has 0 N–H and O–H groups in total. The first-order chi connectivity index (χ1) is 5.61. The predicted octanol–water partition coefficient (Wildman–Crippen LogP) is 0.643. The quantitative estimate of drug-likeness (QED) is 0.268. The van der Waals surface area contributed by atoms with Gasteiger partial charge in [-0.05, 0) is 13.8 Å². The fraction of sp³-hybridized carbons (Fsp3) is 0.375. The van der Waals surface area contributed by atoms with Crippen LogP contribution >= 0.6 is 0 Å². The summed E-state index contributed by atoms with van der Waals surface area (Å²) < 4.78 is 4.67. The minimum Gasteiger partial charge on any atom is -0.457 e. The van der Waals surface area contributed by atoms with E-state index in [0.717, 1.165) is 6.08 Å². The van der Waals surface area contributed by atoms with Crippen molar-refractivity contribution in [3.05, 3.63) is 19.6 Å². The topological polar surface area (TPSA) is 55.7 Å². The second-order valence-electron chi connectivity index (χ2n) is 2.14. The van der Waals surface area contributed by atoms with Crippen LogP contribution in [0, 0.1) is 6.92 Å². The Bertz CT molecular complexity index is 218. The molecule has 2 unspecified atom stereocenters. The van der Waals surface area contributed by atoms with Crippen molar-refractivity contribution in [2.24, 2.45) is 4.99 Å². The Morgan fingerprint density at radius 3 is 2.75 bits per heavy atom. The highest BCUT2D eigenvalue weighted by atomic mass is 16.5. The van der Waals surface area contributed by atoms with E-state index in [4.69, 9.17) is 0 Å². The average molecular weight is 168 g/mol. The highest BCUT2D eigenvalue weighted by molar-refractivity contribution is 5.81. The van der Waals surface area contributed by atoms with Crippen LogP contribution in [0.15, 0.2) is 17.6 Å². The molecule has 0 rings (SSSR count). The molecule has 65 valence electrons. The first-order valence-corrected chi connectivity index (χ1v) is 3.35. The molecule has 0 aliphatic rings. The maximum Gasteiger partial charge on any atom is 0.330 e. The van der Waals surface area contributed by atoms with Crippen LogP contribution < -0.4 is 0 Å².